The van der Waals surface area contributed by atoms with Gasteiger partial charge in [-0.25, -0.2) is 9.59 Å². The van der Waals surface area contributed by atoms with Gasteiger partial charge in [0.25, 0.3) is 0 Å². The van der Waals surface area contributed by atoms with Crippen molar-refractivity contribution in [2.45, 2.75) is 24.9 Å². The minimum atomic E-state index is -1.14. The second-order valence-corrected chi connectivity index (χ2v) is 4.13. The lowest BCUT2D eigenvalue weighted by Crippen LogP contribution is -2.50. The summed E-state index contributed by atoms with van der Waals surface area (Å²) in [5.41, 5.74) is 0. The number of nitrogens with zero attached hydrogens (tertiary/aromatic N) is 1. The highest BCUT2D eigenvalue weighted by Crippen LogP contribution is 2.08. The molecule has 0 aromatic rings. The molecule has 0 spiro atoms. The number of carboxylic acids is 1. The molecule has 2 unspecified atom stereocenters. The lowest BCUT2D eigenvalue weighted by Gasteiger charge is -2.16. The van der Waals surface area contributed by atoms with Crippen molar-refractivity contribution in [2.75, 3.05) is 13.6 Å². The zero-order valence-electron chi connectivity index (χ0n) is 10.2. The molecule has 7 heteroatoms. The van der Waals surface area contributed by atoms with E-state index < -0.39 is 24.1 Å². The van der Waals surface area contributed by atoms with Gasteiger partial charge in [0.1, 0.15) is 12.1 Å². The maximum atomic E-state index is 11.6. The first-order valence-corrected chi connectivity index (χ1v) is 5.61. The molecule has 100 valence electrons. The van der Waals surface area contributed by atoms with E-state index in [1.165, 1.54) is 11.0 Å². The van der Waals surface area contributed by atoms with Gasteiger partial charge in [-0.1, -0.05) is 6.08 Å². The molecule has 0 saturated carbocycles. The van der Waals surface area contributed by atoms with Crippen molar-refractivity contribution < 1.29 is 19.5 Å². The molecule has 1 heterocycles. The number of carbonyl (C=O) groups is 3. The first-order valence-electron chi connectivity index (χ1n) is 5.61. The maximum absolute atomic E-state index is 11.6. The van der Waals surface area contributed by atoms with Gasteiger partial charge in [0.05, 0.1) is 0 Å². The number of carbonyl (C=O) groups excluding carboxylic acids is 2. The standard InChI is InChI=1S/C11H17N3O4/c1-3-4-8(10(16)17)13-11(18)12-7-5-6-14(2)9(7)15/h3,7-8H,1,4-6H2,2H3,(H,16,17)(H2,12,13,18). The number of nitrogens with one attached hydrogen (secondary N) is 2. The molecule has 18 heavy (non-hydrogen) atoms. The number of likely N-dealkylation sites (tertiary alicyclic amines) is 1. The fraction of sp³-hybridized carbons (Fsp3) is 0.545. The third-order valence-electron chi connectivity index (χ3n) is 2.74. The van der Waals surface area contributed by atoms with Gasteiger partial charge >= 0.3 is 12.0 Å². The fourth-order valence-electron chi connectivity index (χ4n) is 1.70. The Hall–Kier alpha value is -2.05. The molecule has 0 radical (unpaired) electrons. The monoisotopic (exact) mass is 255 g/mol. The summed E-state index contributed by atoms with van der Waals surface area (Å²) in [4.78, 5) is 35.4. The summed E-state index contributed by atoms with van der Waals surface area (Å²) in [5.74, 6) is -1.30. The van der Waals surface area contributed by atoms with Crippen LogP contribution in [-0.2, 0) is 9.59 Å². The highest BCUT2D eigenvalue weighted by atomic mass is 16.4. The van der Waals surface area contributed by atoms with Crippen molar-refractivity contribution in [3.05, 3.63) is 12.7 Å². The van der Waals surface area contributed by atoms with Gasteiger partial charge in [-0.05, 0) is 12.8 Å². The third kappa shape index (κ3) is 3.47. The number of aliphatic carboxylic acids is 1. The van der Waals surface area contributed by atoms with Crippen LogP contribution < -0.4 is 10.6 Å². The van der Waals surface area contributed by atoms with E-state index in [9.17, 15) is 14.4 Å². The molecule has 3 amide bonds. The number of amides is 3. The SMILES string of the molecule is C=CCC(NC(=O)NC1CCN(C)C1=O)C(=O)O. The van der Waals surface area contributed by atoms with Crippen molar-refractivity contribution in [2.24, 2.45) is 0 Å². The van der Waals surface area contributed by atoms with Gasteiger partial charge in [0.15, 0.2) is 0 Å². The van der Waals surface area contributed by atoms with Crippen molar-refractivity contribution in [3.63, 3.8) is 0 Å². The van der Waals surface area contributed by atoms with E-state index in [0.29, 0.717) is 13.0 Å². The molecule has 0 aromatic heterocycles. The Morgan fingerprint density at radius 1 is 1.67 bits per heavy atom. The average Bonchev–Trinajstić information content (AvgIpc) is 2.60. The van der Waals surface area contributed by atoms with Crippen molar-refractivity contribution >= 4 is 17.9 Å². The van der Waals surface area contributed by atoms with Crippen LogP contribution in [0.3, 0.4) is 0 Å². The molecule has 1 aliphatic heterocycles. The Balaban J connectivity index is 2.48. The molecule has 1 saturated heterocycles. The van der Waals surface area contributed by atoms with E-state index in [4.69, 9.17) is 5.11 Å². The topological polar surface area (TPSA) is 98.7 Å². The van der Waals surface area contributed by atoms with E-state index >= 15 is 0 Å². The van der Waals surface area contributed by atoms with Crippen molar-refractivity contribution in [1.29, 1.82) is 0 Å². The number of urea groups is 1. The molecule has 3 N–H and O–H groups in total. The largest absolute Gasteiger partial charge is 0.480 e. The molecule has 2 atom stereocenters. The predicted octanol–water partition coefficient (Wildman–Crippen LogP) is -0.454. The summed E-state index contributed by atoms with van der Waals surface area (Å²) < 4.78 is 0. The summed E-state index contributed by atoms with van der Waals surface area (Å²) in [7, 11) is 1.65. The number of rotatable bonds is 5. The Morgan fingerprint density at radius 3 is 2.78 bits per heavy atom. The maximum Gasteiger partial charge on any atom is 0.326 e. The molecule has 1 aliphatic rings. The summed E-state index contributed by atoms with van der Waals surface area (Å²) >= 11 is 0. The molecule has 1 fully saturated rings. The average molecular weight is 255 g/mol. The molecular weight excluding hydrogens is 238 g/mol. The lowest BCUT2D eigenvalue weighted by atomic mass is 10.2. The lowest BCUT2D eigenvalue weighted by molar-refractivity contribution is -0.139. The summed E-state index contributed by atoms with van der Waals surface area (Å²) in [6.07, 6.45) is 2.07. The smallest absolute Gasteiger partial charge is 0.326 e. The van der Waals surface area contributed by atoms with Gasteiger partial charge in [-0.15, -0.1) is 6.58 Å². The highest BCUT2D eigenvalue weighted by molar-refractivity contribution is 5.89. The van der Waals surface area contributed by atoms with Crippen LogP contribution in [0, 0.1) is 0 Å². The van der Waals surface area contributed by atoms with E-state index in [-0.39, 0.29) is 12.3 Å². The Bertz CT molecular complexity index is 369. The fourth-order valence-corrected chi connectivity index (χ4v) is 1.70. The second-order valence-electron chi connectivity index (χ2n) is 4.13. The molecule has 0 aromatic carbocycles. The van der Waals surface area contributed by atoms with Crippen LogP contribution in [0.25, 0.3) is 0 Å². The molecule has 0 aliphatic carbocycles. The molecule has 7 nitrogen and oxygen atoms in total. The first kappa shape index (κ1) is 14.0. The summed E-state index contributed by atoms with van der Waals surface area (Å²) in [6, 6.07) is -2.26. The van der Waals surface area contributed by atoms with Crippen LogP contribution in [0.4, 0.5) is 4.79 Å². The van der Waals surface area contributed by atoms with Crippen LogP contribution >= 0.6 is 0 Å². The molecule has 0 bridgehead atoms. The quantitative estimate of drug-likeness (QED) is 0.579. The summed E-state index contributed by atoms with van der Waals surface area (Å²) in [6.45, 7) is 4.00. The van der Waals surface area contributed by atoms with Crippen LogP contribution in [0.5, 0.6) is 0 Å². The van der Waals surface area contributed by atoms with Gasteiger partial charge in [0.2, 0.25) is 5.91 Å². The van der Waals surface area contributed by atoms with E-state index in [2.05, 4.69) is 17.2 Å². The van der Waals surface area contributed by atoms with Crippen LogP contribution in [0.2, 0.25) is 0 Å². The van der Waals surface area contributed by atoms with Gasteiger partial charge in [-0.2, -0.15) is 0 Å². The predicted molar refractivity (Wildman–Crippen MR) is 63.9 cm³/mol. The number of likely N-dealkylation sites (N-methyl/N-ethyl adjacent to an activating group) is 1. The van der Waals surface area contributed by atoms with Gasteiger partial charge in [-0.3, -0.25) is 4.79 Å². The number of hydrogen-bond acceptors (Lipinski definition) is 3. The van der Waals surface area contributed by atoms with E-state index in [0.717, 1.165) is 0 Å². The highest BCUT2D eigenvalue weighted by Gasteiger charge is 2.31. The Kier molecular flexibility index (Phi) is 4.70. The van der Waals surface area contributed by atoms with Crippen molar-refractivity contribution in [3.8, 4) is 0 Å². The molecular formula is C11H17N3O4. The second kappa shape index (κ2) is 6.04. The zero-order valence-corrected chi connectivity index (χ0v) is 10.2. The zero-order chi connectivity index (χ0) is 13.7. The van der Waals surface area contributed by atoms with Gasteiger partial charge < -0.3 is 20.6 Å². The van der Waals surface area contributed by atoms with Crippen LogP contribution in [0.1, 0.15) is 12.8 Å². The number of hydrogen-bond donors (Lipinski definition) is 3. The third-order valence-corrected chi connectivity index (χ3v) is 2.74. The van der Waals surface area contributed by atoms with Crippen molar-refractivity contribution in [1.82, 2.24) is 15.5 Å². The normalized spacial score (nSPS) is 20.4. The Labute approximate surface area is 105 Å². The molecule has 1 rings (SSSR count). The first-order chi connectivity index (χ1) is 8.45. The van der Waals surface area contributed by atoms with Crippen LogP contribution in [0.15, 0.2) is 12.7 Å². The Morgan fingerprint density at radius 2 is 2.33 bits per heavy atom. The van der Waals surface area contributed by atoms with E-state index in [1.54, 1.807) is 7.05 Å². The van der Waals surface area contributed by atoms with E-state index in [1.807, 2.05) is 0 Å². The summed E-state index contributed by atoms with van der Waals surface area (Å²) in [5, 5.41) is 13.6. The minimum Gasteiger partial charge on any atom is -0.480 e. The van der Waals surface area contributed by atoms with Crippen LogP contribution in [-0.4, -0.2) is 53.6 Å². The number of carboxylic acid groups (broad SMARTS) is 1. The minimum absolute atomic E-state index is 0.126. The van der Waals surface area contributed by atoms with Gasteiger partial charge in [0, 0.05) is 13.6 Å².